The molecule has 1 aliphatic rings. The summed E-state index contributed by atoms with van der Waals surface area (Å²) >= 11 is 0. The lowest BCUT2D eigenvalue weighted by atomic mass is 9.95. The molecule has 3 rings (SSSR count). The van der Waals surface area contributed by atoms with Crippen LogP contribution in [0.4, 0.5) is 0 Å². The minimum atomic E-state index is -0.734. The monoisotopic (exact) mass is 268 g/mol. The first-order chi connectivity index (χ1) is 9.66. The number of carbonyl (C=O) groups is 1. The molecule has 0 aromatic heterocycles. The van der Waals surface area contributed by atoms with Crippen molar-refractivity contribution in [2.24, 2.45) is 0 Å². The second-order valence-corrected chi connectivity index (χ2v) is 4.51. The van der Waals surface area contributed by atoms with Crippen molar-refractivity contribution in [3.05, 3.63) is 71.5 Å². The van der Waals surface area contributed by atoms with E-state index in [-0.39, 0.29) is 11.5 Å². The molecule has 2 N–H and O–H groups in total. The molecule has 0 saturated heterocycles. The van der Waals surface area contributed by atoms with Crippen molar-refractivity contribution in [1.82, 2.24) is 0 Å². The van der Waals surface area contributed by atoms with Crippen LogP contribution in [0.1, 0.15) is 17.2 Å². The number of carbonyl (C=O) groups excluding carboxylic acids is 1. The molecule has 0 unspecified atom stereocenters. The van der Waals surface area contributed by atoms with Crippen molar-refractivity contribution in [3.8, 4) is 5.75 Å². The van der Waals surface area contributed by atoms with Gasteiger partial charge in [0.15, 0.2) is 6.10 Å². The molecule has 0 radical (unpaired) electrons. The standard InChI is InChI=1S/C16H12O4/c17-12-8-6-11(7-9-12)15-13(14(18)16(19)20-15)10-4-2-1-3-5-10/h1-9,15,17-18H/t15-/m1/s1. The van der Waals surface area contributed by atoms with Crippen LogP contribution < -0.4 is 0 Å². The summed E-state index contributed by atoms with van der Waals surface area (Å²) in [5, 5.41) is 19.3. The van der Waals surface area contributed by atoms with E-state index < -0.39 is 12.1 Å². The number of hydrogen-bond donors (Lipinski definition) is 2. The Morgan fingerprint density at radius 1 is 0.900 bits per heavy atom. The molecule has 100 valence electrons. The minimum Gasteiger partial charge on any atom is -0.508 e. The van der Waals surface area contributed by atoms with E-state index in [9.17, 15) is 15.0 Å². The Morgan fingerprint density at radius 3 is 2.20 bits per heavy atom. The SMILES string of the molecule is O=C1O[C@H](c2ccc(O)cc2)C(c2ccccc2)=C1O. The molecular weight excluding hydrogens is 256 g/mol. The molecule has 1 atom stereocenters. The number of benzene rings is 2. The fourth-order valence-corrected chi connectivity index (χ4v) is 2.25. The molecule has 0 aliphatic carbocycles. The van der Waals surface area contributed by atoms with Gasteiger partial charge in [-0.05, 0) is 23.3 Å². The Kier molecular flexibility index (Phi) is 2.91. The molecule has 0 spiro atoms. The Hall–Kier alpha value is -2.75. The number of esters is 1. The number of rotatable bonds is 2. The highest BCUT2D eigenvalue weighted by Gasteiger charge is 2.36. The van der Waals surface area contributed by atoms with Crippen molar-refractivity contribution in [1.29, 1.82) is 0 Å². The van der Waals surface area contributed by atoms with Crippen LogP contribution in [0.3, 0.4) is 0 Å². The normalized spacial score (nSPS) is 18.2. The van der Waals surface area contributed by atoms with Crippen molar-refractivity contribution >= 4 is 11.5 Å². The van der Waals surface area contributed by atoms with Crippen LogP contribution >= 0.6 is 0 Å². The van der Waals surface area contributed by atoms with Gasteiger partial charge < -0.3 is 14.9 Å². The van der Waals surface area contributed by atoms with Crippen LogP contribution in [0.2, 0.25) is 0 Å². The van der Waals surface area contributed by atoms with E-state index >= 15 is 0 Å². The third-order valence-corrected chi connectivity index (χ3v) is 3.22. The predicted molar refractivity (Wildman–Crippen MR) is 72.9 cm³/mol. The summed E-state index contributed by atoms with van der Waals surface area (Å²) in [4.78, 5) is 11.6. The topological polar surface area (TPSA) is 66.8 Å². The molecule has 4 nitrogen and oxygen atoms in total. The fraction of sp³-hybridized carbons (Fsp3) is 0.0625. The van der Waals surface area contributed by atoms with Crippen LogP contribution in [-0.2, 0) is 9.53 Å². The summed E-state index contributed by atoms with van der Waals surface area (Å²) in [5.41, 5.74) is 1.87. The van der Waals surface area contributed by atoms with Crippen LogP contribution in [0, 0.1) is 0 Å². The number of hydrogen-bond acceptors (Lipinski definition) is 4. The van der Waals surface area contributed by atoms with Gasteiger partial charge in [0.1, 0.15) is 5.75 Å². The summed E-state index contributed by atoms with van der Waals surface area (Å²) in [6, 6.07) is 15.5. The second kappa shape index (κ2) is 4.74. The van der Waals surface area contributed by atoms with Crippen LogP contribution in [0.5, 0.6) is 5.75 Å². The first-order valence-corrected chi connectivity index (χ1v) is 6.15. The summed E-state index contributed by atoms with van der Waals surface area (Å²) in [6.07, 6.45) is -0.662. The molecule has 0 amide bonds. The van der Waals surface area contributed by atoms with E-state index in [0.717, 1.165) is 5.56 Å². The zero-order valence-electron chi connectivity index (χ0n) is 10.5. The summed E-state index contributed by atoms with van der Waals surface area (Å²) in [7, 11) is 0. The van der Waals surface area contributed by atoms with Crippen LogP contribution in [-0.4, -0.2) is 16.2 Å². The molecule has 1 heterocycles. The highest BCUT2D eigenvalue weighted by molar-refractivity contribution is 6.00. The van der Waals surface area contributed by atoms with Gasteiger partial charge in [-0.1, -0.05) is 42.5 Å². The first-order valence-electron chi connectivity index (χ1n) is 6.15. The largest absolute Gasteiger partial charge is 0.508 e. The lowest BCUT2D eigenvalue weighted by Gasteiger charge is -2.14. The molecule has 4 heteroatoms. The van der Waals surface area contributed by atoms with Gasteiger partial charge in [-0.3, -0.25) is 0 Å². The quantitative estimate of drug-likeness (QED) is 0.822. The zero-order chi connectivity index (χ0) is 14.1. The number of aliphatic hydroxyl groups excluding tert-OH is 1. The highest BCUT2D eigenvalue weighted by atomic mass is 16.6. The third-order valence-electron chi connectivity index (χ3n) is 3.22. The molecule has 20 heavy (non-hydrogen) atoms. The average Bonchev–Trinajstić information content (AvgIpc) is 2.77. The number of aliphatic hydroxyl groups is 1. The van der Waals surface area contributed by atoms with E-state index in [2.05, 4.69) is 0 Å². The maximum absolute atomic E-state index is 11.6. The van der Waals surface area contributed by atoms with Gasteiger partial charge in [0.2, 0.25) is 5.76 Å². The van der Waals surface area contributed by atoms with Gasteiger partial charge in [-0.25, -0.2) is 4.79 Å². The Morgan fingerprint density at radius 2 is 1.55 bits per heavy atom. The van der Waals surface area contributed by atoms with Gasteiger partial charge >= 0.3 is 5.97 Å². The number of phenolic OH excluding ortho intramolecular Hbond substituents is 1. The molecule has 1 aliphatic heterocycles. The van der Waals surface area contributed by atoms with Crippen LogP contribution in [0.15, 0.2) is 60.4 Å². The summed E-state index contributed by atoms with van der Waals surface area (Å²) in [6.45, 7) is 0. The summed E-state index contributed by atoms with van der Waals surface area (Å²) < 4.78 is 5.22. The summed E-state index contributed by atoms with van der Waals surface area (Å²) in [5.74, 6) is -0.969. The van der Waals surface area contributed by atoms with E-state index in [1.165, 1.54) is 12.1 Å². The Balaban J connectivity index is 2.08. The number of aromatic hydroxyl groups is 1. The van der Waals surface area contributed by atoms with Crippen LogP contribution in [0.25, 0.3) is 5.57 Å². The number of ether oxygens (including phenoxy) is 1. The fourth-order valence-electron chi connectivity index (χ4n) is 2.25. The van der Waals surface area contributed by atoms with E-state index in [1.54, 1.807) is 24.3 Å². The van der Waals surface area contributed by atoms with Gasteiger partial charge in [0, 0.05) is 0 Å². The molecule has 2 aromatic carbocycles. The average molecular weight is 268 g/mol. The van der Waals surface area contributed by atoms with Gasteiger partial charge in [-0.2, -0.15) is 0 Å². The molecule has 0 fully saturated rings. The molecule has 0 saturated carbocycles. The lowest BCUT2D eigenvalue weighted by Crippen LogP contribution is -2.03. The van der Waals surface area contributed by atoms with Crippen molar-refractivity contribution in [2.75, 3.05) is 0 Å². The maximum Gasteiger partial charge on any atom is 0.374 e. The van der Waals surface area contributed by atoms with Crippen molar-refractivity contribution in [2.45, 2.75) is 6.10 Å². The first kappa shape index (κ1) is 12.3. The highest BCUT2D eigenvalue weighted by Crippen LogP contribution is 2.40. The maximum atomic E-state index is 11.6. The predicted octanol–water partition coefficient (Wildman–Crippen LogP) is 2.96. The second-order valence-electron chi connectivity index (χ2n) is 4.51. The zero-order valence-corrected chi connectivity index (χ0v) is 10.5. The van der Waals surface area contributed by atoms with E-state index in [1.807, 2.05) is 18.2 Å². The molecular formula is C16H12O4. The Bertz CT molecular complexity index is 671. The minimum absolute atomic E-state index is 0.132. The number of cyclic esters (lactones) is 1. The van der Waals surface area contributed by atoms with Gasteiger partial charge in [0.05, 0.1) is 5.57 Å². The van der Waals surface area contributed by atoms with E-state index in [0.29, 0.717) is 11.1 Å². The molecule has 0 bridgehead atoms. The third kappa shape index (κ3) is 2.01. The Labute approximate surface area is 115 Å². The smallest absolute Gasteiger partial charge is 0.374 e. The van der Waals surface area contributed by atoms with Crippen molar-refractivity contribution in [3.63, 3.8) is 0 Å². The lowest BCUT2D eigenvalue weighted by molar-refractivity contribution is -0.142. The molecule has 2 aromatic rings. The van der Waals surface area contributed by atoms with E-state index in [4.69, 9.17) is 4.74 Å². The van der Waals surface area contributed by atoms with Crippen molar-refractivity contribution < 1.29 is 19.7 Å². The number of phenols is 1. The van der Waals surface area contributed by atoms with Gasteiger partial charge in [0.25, 0.3) is 0 Å². The van der Waals surface area contributed by atoms with Gasteiger partial charge in [-0.15, -0.1) is 0 Å².